The Balaban J connectivity index is 2.04. The van der Waals surface area contributed by atoms with Crippen LogP contribution in [0, 0.1) is 5.92 Å². The molecule has 2 unspecified atom stereocenters. The lowest BCUT2D eigenvalue weighted by Gasteiger charge is -2.30. The number of hydrogen-bond acceptors (Lipinski definition) is 2. The van der Waals surface area contributed by atoms with Crippen molar-refractivity contribution in [3.8, 4) is 0 Å². The van der Waals surface area contributed by atoms with Gasteiger partial charge in [-0.3, -0.25) is 0 Å². The van der Waals surface area contributed by atoms with Crippen molar-refractivity contribution in [1.82, 2.24) is 10.2 Å². The maximum Gasteiger partial charge on any atom is 0.329 e. The van der Waals surface area contributed by atoms with Crippen LogP contribution in [0.4, 0.5) is 4.79 Å². The van der Waals surface area contributed by atoms with E-state index in [1.807, 2.05) is 6.92 Å². The number of carbonyl (C=O) groups is 2. The molecule has 5 nitrogen and oxygen atoms in total. The van der Waals surface area contributed by atoms with E-state index in [4.69, 9.17) is 0 Å². The SMILES string of the molecule is CC1CC(C)N(C(=O)NC2(C(=O)O)CCCC2)C1. The maximum atomic E-state index is 12.2. The van der Waals surface area contributed by atoms with Crippen molar-refractivity contribution in [2.24, 2.45) is 5.92 Å². The minimum Gasteiger partial charge on any atom is -0.480 e. The highest BCUT2D eigenvalue weighted by Gasteiger charge is 2.44. The summed E-state index contributed by atoms with van der Waals surface area (Å²) < 4.78 is 0. The van der Waals surface area contributed by atoms with Crippen LogP contribution in [0.25, 0.3) is 0 Å². The maximum absolute atomic E-state index is 12.2. The minimum absolute atomic E-state index is 0.201. The molecule has 2 amide bonds. The number of amides is 2. The van der Waals surface area contributed by atoms with E-state index >= 15 is 0 Å². The molecule has 18 heavy (non-hydrogen) atoms. The first kappa shape index (κ1) is 13.2. The first-order chi connectivity index (χ1) is 8.44. The van der Waals surface area contributed by atoms with Crippen LogP contribution in [0.15, 0.2) is 0 Å². The molecule has 1 saturated heterocycles. The van der Waals surface area contributed by atoms with Crippen LogP contribution in [-0.4, -0.2) is 40.1 Å². The van der Waals surface area contributed by atoms with Gasteiger partial charge in [-0.2, -0.15) is 0 Å². The molecule has 2 aliphatic rings. The highest BCUT2D eigenvalue weighted by Crippen LogP contribution is 2.31. The zero-order chi connectivity index (χ0) is 13.3. The number of urea groups is 1. The third kappa shape index (κ3) is 2.31. The molecule has 0 aromatic rings. The number of carboxylic acid groups (broad SMARTS) is 1. The van der Waals surface area contributed by atoms with Crippen LogP contribution in [0.5, 0.6) is 0 Å². The molecule has 2 N–H and O–H groups in total. The number of carboxylic acids is 1. The molecule has 2 fully saturated rings. The molecular formula is C13H22N2O3. The number of aliphatic carboxylic acids is 1. The zero-order valence-corrected chi connectivity index (χ0v) is 11.1. The Bertz CT molecular complexity index is 350. The molecule has 1 saturated carbocycles. The topological polar surface area (TPSA) is 69.6 Å². The number of nitrogens with zero attached hydrogens (tertiary/aromatic N) is 1. The van der Waals surface area contributed by atoms with Gasteiger partial charge in [-0.1, -0.05) is 19.8 Å². The van der Waals surface area contributed by atoms with Crippen molar-refractivity contribution in [3.63, 3.8) is 0 Å². The van der Waals surface area contributed by atoms with Crippen molar-refractivity contribution in [2.45, 2.75) is 57.5 Å². The molecular weight excluding hydrogens is 232 g/mol. The minimum atomic E-state index is -1.03. The fourth-order valence-corrected chi connectivity index (χ4v) is 3.23. The lowest BCUT2D eigenvalue weighted by Crippen LogP contribution is -2.56. The van der Waals surface area contributed by atoms with Gasteiger partial charge in [0.25, 0.3) is 0 Å². The quantitative estimate of drug-likeness (QED) is 0.789. The van der Waals surface area contributed by atoms with Crippen LogP contribution in [0.3, 0.4) is 0 Å². The van der Waals surface area contributed by atoms with E-state index in [0.29, 0.717) is 18.8 Å². The predicted octanol–water partition coefficient (Wildman–Crippen LogP) is 1.82. The summed E-state index contributed by atoms with van der Waals surface area (Å²) in [5, 5.41) is 12.1. The summed E-state index contributed by atoms with van der Waals surface area (Å²) in [6, 6.07) is -0.0107. The Kier molecular flexibility index (Phi) is 3.50. The summed E-state index contributed by atoms with van der Waals surface area (Å²) >= 11 is 0. The van der Waals surface area contributed by atoms with Gasteiger partial charge in [-0.05, 0) is 32.1 Å². The van der Waals surface area contributed by atoms with E-state index in [9.17, 15) is 14.7 Å². The number of hydrogen-bond donors (Lipinski definition) is 2. The van der Waals surface area contributed by atoms with E-state index in [0.717, 1.165) is 25.8 Å². The lowest BCUT2D eigenvalue weighted by atomic mass is 9.98. The largest absolute Gasteiger partial charge is 0.480 e. The van der Waals surface area contributed by atoms with E-state index in [2.05, 4.69) is 12.2 Å². The number of rotatable bonds is 2. The Labute approximate surface area is 108 Å². The summed E-state index contributed by atoms with van der Waals surface area (Å²) in [4.78, 5) is 25.4. The molecule has 0 aromatic carbocycles. The van der Waals surface area contributed by atoms with Crippen molar-refractivity contribution in [1.29, 1.82) is 0 Å². The van der Waals surface area contributed by atoms with Gasteiger partial charge >= 0.3 is 12.0 Å². The fourth-order valence-electron chi connectivity index (χ4n) is 3.23. The number of nitrogens with one attached hydrogen (secondary N) is 1. The molecule has 2 atom stereocenters. The van der Waals surface area contributed by atoms with Crippen molar-refractivity contribution in [3.05, 3.63) is 0 Å². The highest BCUT2D eigenvalue weighted by molar-refractivity contribution is 5.86. The van der Waals surface area contributed by atoms with Gasteiger partial charge in [0.2, 0.25) is 0 Å². The molecule has 0 radical (unpaired) electrons. The average molecular weight is 254 g/mol. The summed E-state index contributed by atoms with van der Waals surface area (Å²) in [5.74, 6) is -0.400. The monoisotopic (exact) mass is 254 g/mol. The molecule has 1 aliphatic carbocycles. The Morgan fingerprint density at radius 1 is 1.28 bits per heavy atom. The predicted molar refractivity (Wildman–Crippen MR) is 67.3 cm³/mol. The second-order valence-corrected chi connectivity index (χ2v) is 5.87. The zero-order valence-electron chi connectivity index (χ0n) is 11.1. The molecule has 2 rings (SSSR count). The molecule has 1 aliphatic heterocycles. The van der Waals surface area contributed by atoms with Gasteiger partial charge in [-0.25, -0.2) is 9.59 Å². The summed E-state index contributed by atoms with van der Waals surface area (Å²) in [6.45, 7) is 4.86. The Hall–Kier alpha value is -1.26. The van der Waals surface area contributed by atoms with Gasteiger partial charge in [0.1, 0.15) is 5.54 Å². The average Bonchev–Trinajstić information content (AvgIpc) is 2.86. The van der Waals surface area contributed by atoms with Crippen LogP contribution < -0.4 is 5.32 Å². The lowest BCUT2D eigenvalue weighted by molar-refractivity contribution is -0.144. The highest BCUT2D eigenvalue weighted by atomic mass is 16.4. The normalized spacial score (nSPS) is 30.4. The smallest absolute Gasteiger partial charge is 0.329 e. The van der Waals surface area contributed by atoms with E-state index in [1.165, 1.54) is 0 Å². The summed E-state index contributed by atoms with van der Waals surface area (Å²) in [5.41, 5.74) is -1.03. The first-order valence-corrected chi connectivity index (χ1v) is 6.77. The van der Waals surface area contributed by atoms with Crippen LogP contribution in [-0.2, 0) is 4.79 Å². The molecule has 0 aromatic heterocycles. The molecule has 5 heteroatoms. The third-order valence-corrected chi connectivity index (χ3v) is 4.26. The van der Waals surface area contributed by atoms with Crippen LogP contribution in [0.1, 0.15) is 46.0 Å². The Morgan fingerprint density at radius 2 is 1.89 bits per heavy atom. The third-order valence-electron chi connectivity index (χ3n) is 4.26. The van der Waals surface area contributed by atoms with Gasteiger partial charge in [0.15, 0.2) is 0 Å². The molecule has 1 heterocycles. The van der Waals surface area contributed by atoms with Gasteiger partial charge in [0.05, 0.1) is 0 Å². The Morgan fingerprint density at radius 3 is 2.33 bits per heavy atom. The van der Waals surface area contributed by atoms with Gasteiger partial charge in [0, 0.05) is 12.6 Å². The number of carbonyl (C=O) groups excluding carboxylic acids is 1. The van der Waals surface area contributed by atoms with Crippen molar-refractivity contribution >= 4 is 12.0 Å². The van der Waals surface area contributed by atoms with Gasteiger partial charge in [-0.15, -0.1) is 0 Å². The van der Waals surface area contributed by atoms with Crippen LogP contribution in [0.2, 0.25) is 0 Å². The first-order valence-electron chi connectivity index (χ1n) is 6.77. The van der Waals surface area contributed by atoms with Crippen LogP contribution >= 0.6 is 0 Å². The van der Waals surface area contributed by atoms with E-state index in [-0.39, 0.29) is 12.1 Å². The van der Waals surface area contributed by atoms with E-state index in [1.54, 1.807) is 4.90 Å². The fraction of sp³-hybridized carbons (Fsp3) is 0.846. The standard InChI is InChI=1S/C13H22N2O3/c1-9-7-10(2)15(8-9)12(18)14-13(11(16)17)5-3-4-6-13/h9-10H,3-8H2,1-2H3,(H,14,18)(H,16,17). The van der Waals surface area contributed by atoms with Gasteiger partial charge < -0.3 is 15.3 Å². The molecule has 102 valence electrons. The second kappa shape index (κ2) is 4.78. The molecule has 0 bridgehead atoms. The van der Waals surface area contributed by atoms with Crippen molar-refractivity contribution in [2.75, 3.05) is 6.54 Å². The van der Waals surface area contributed by atoms with Crippen molar-refractivity contribution < 1.29 is 14.7 Å². The molecule has 0 spiro atoms. The number of likely N-dealkylation sites (tertiary alicyclic amines) is 1. The second-order valence-electron chi connectivity index (χ2n) is 5.87. The summed E-state index contributed by atoms with van der Waals surface area (Å²) in [7, 11) is 0. The summed E-state index contributed by atoms with van der Waals surface area (Å²) in [6.07, 6.45) is 3.84. The van der Waals surface area contributed by atoms with E-state index < -0.39 is 11.5 Å².